The lowest BCUT2D eigenvalue weighted by Crippen LogP contribution is -1.94. The fraction of sp³-hybridized carbons (Fsp3) is 0.100. The van der Waals surface area contributed by atoms with Gasteiger partial charge in [0.15, 0.2) is 0 Å². The Morgan fingerprint density at radius 1 is 0.913 bits per heavy atom. The average Bonchev–Trinajstić information content (AvgIpc) is 2.63. The van der Waals surface area contributed by atoms with E-state index in [0.717, 1.165) is 16.3 Å². The molecule has 0 bridgehead atoms. The van der Waals surface area contributed by atoms with Crippen LogP contribution in [0.15, 0.2) is 77.8 Å². The first kappa shape index (κ1) is 15.3. The second-order valence-corrected chi connectivity index (χ2v) is 6.53. The van der Waals surface area contributed by atoms with Crippen LogP contribution in [-0.2, 0) is 0 Å². The zero-order valence-corrected chi connectivity index (χ0v) is 13.6. The number of thioether (sulfide) groups is 1. The fourth-order valence-corrected chi connectivity index (χ4v) is 3.36. The molecule has 23 heavy (non-hydrogen) atoms. The van der Waals surface area contributed by atoms with Gasteiger partial charge in [-0.25, -0.2) is 4.98 Å². The highest BCUT2D eigenvalue weighted by atomic mass is 32.2. The number of hydrogen-bond acceptors (Lipinski definition) is 3. The second kappa shape index (κ2) is 7.13. The van der Waals surface area contributed by atoms with Gasteiger partial charge in [0, 0.05) is 10.8 Å². The summed E-state index contributed by atoms with van der Waals surface area (Å²) in [4.78, 5) is 4.72. The Kier molecular flexibility index (Phi) is 4.75. The maximum absolute atomic E-state index is 9.36. The topological polar surface area (TPSA) is 36.7 Å². The summed E-state index contributed by atoms with van der Waals surface area (Å²) in [6.07, 6.45) is 0. The third kappa shape index (κ3) is 3.61. The van der Waals surface area contributed by atoms with E-state index in [9.17, 15) is 5.26 Å². The van der Waals surface area contributed by atoms with Crippen molar-refractivity contribution in [2.24, 2.45) is 0 Å². The molecule has 2 aromatic carbocycles. The largest absolute Gasteiger partial charge is 0.240 e. The molecule has 1 aromatic heterocycles. The van der Waals surface area contributed by atoms with E-state index in [1.807, 2.05) is 60.7 Å². The summed E-state index contributed by atoms with van der Waals surface area (Å²) in [5.74, 6) is 0. The molecule has 0 fully saturated rings. The standard InChI is InChI=1S/C20H16N2S/c1-15(16-8-4-2-5-9-16)23-20-18(14-21)12-13-19(22-20)17-10-6-3-7-11-17/h2-13,15H,1H3/t15-/m1/s1. The molecule has 0 unspecified atom stereocenters. The van der Waals surface area contributed by atoms with Crippen LogP contribution < -0.4 is 0 Å². The van der Waals surface area contributed by atoms with Gasteiger partial charge in [-0.05, 0) is 24.6 Å². The molecule has 0 aliphatic heterocycles. The third-order valence-electron chi connectivity index (χ3n) is 3.61. The van der Waals surface area contributed by atoms with Crippen molar-refractivity contribution in [3.05, 3.63) is 83.9 Å². The molecule has 0 saturated heterocycles. The molecule has 3 aromatic rings. The molecule has 0 amide bonds. The van der Waals surface area contributed by atoms with Crippen molar-refractivity contribution >= 4 is 11.8 Å². The summed E-state index contributed by atoms with van der Waals surface area (Å²) in [6.45, 7) is 2.14. The third-order valence-corrected chi connectivity index (χ3v) is 4.77. The number of benzene rings is 2. The number of aromatic nitrogens is 1. The van der Waals surface area contributed by atoms with Gasteiger partial charge in [-0.3, -0.25) is 0 Å². The summed E-state index contributed by atoms with van der Waals surface area (Å²) >= 11 is 1.62. The summed E-state index contributed by atoms with van der Waals surface area (Å²) in [7, 11) is 0. The highest BCUT2D eigenvalue weighted by Crippen LogP contribution is 2.36. The molecule has 0 saturated carbocycles. The first-order valence-corrected chi connectivity index (χ1v) is 8.34. The van der Waals surface area contributed by atoms with Crippen LogP contribution in [-0.4, -0.2) is 4.98 Å². The number of nitriles is 1. The normalized spacial score (nSPS) is 11.7. The zero-order chi connectivity index (χ0) is 16.1. The predicted molar refractivity (Wildman–Crippen MR) is 95.1 cm³/mol. The van der Waals surface area contributed by atoms with Crippen LogP contribution in [0.2, 0.25) is 0 Å². The van der Waals surface area contributed by atoms with Crippen LogP contribution in [0.3, 0.4) is 0 Å². The van der Waals surface area contributed by atoms with E-state index in [2.05, 4.69) is 25.1 Å². The summed E-state index contributed by atoms with van der Waals surface area (Å²) in [6, 6.07) is 26.3. The lowest BCUT2D eigenvalue weighted by Gasteiger charge is -2.13. The minimum atomic E-state index is 0.238. The quantitative estimate of drug-likeness (QED) is 0.599. The maximum atomic E-state index is 9.36. The first-order chi connectivity index (χ1) is 11.3. The van der Waals surface area contributed by atoms with E-state index >= 15 is 0 Å². The van der Waals surface area contributed by atoms with Crippen LogP contribution in [0.25, 0.3) is 11.3 Å². The molecule has 3 heteroatoms. The molecule has 112 valence electrons. The van der Waals surface area contributed by atoms with E-state index in [1.54, 1.807) is 11.8 Å². The average molecular weight is 316 g/mol. The predicted octanol–water partition coefficient (Wildman–Crippen LogP) is 5.47. The van der Waals surface area contributed by atoms with Gasteiger partial charge in [-0.2, -0.15) is 5.26 Å². The minimum Gasteiger partial charge on any atom is -0.240 e. The van der Waals surface area contributed by atoms with Crippen LogP contribution >= 0.6 is 11.8 Å². The Bertz CT molecular complexity index is 823. The van der Waals surface area contributed by atoms with Gasteiger partial charge in [0.25, 0.3) is 0 Å². The van der Waals surface area contributed by atoms with Crippen LogP contribution in [0.5, 0.6) is 0 Å². The van der Waals surface area contributed by atoms with E-state index < -0.39 is 0 Å². The maximum Gasteiger partial charge on any atom is 0.115 e. The molecule has 0 aliphatic rings. The zero-order valence-electron chi connectivity index (χ0n) is 12.8. The molecule has 1 heterocycles. The smallest absolute Gasteiger partial charge is 0.115 e. The van der Waals surface area contributed by atoms with Crippen molar-refractivity contribution in [3.63, 3.8) is 0 Å². The molecular weight excluding hydrogens is 300 g/mol. The summed E-state index contributed by atoms with van der Waals surface area (Å²) in [5.41, 5.74) is 3.81. The van der Waals surface area contributed by atoms with Crippen molar-refractivity contribution in [1.29, 1.82) is 5.26 Å². The minimum absolute atomic E-state index is 0.238. The van der Waals surface area contributed by atoms with Crippen LogP contribution in [0.1, 0.15) is 23.3 Å². The van der Waals surface area contributed by atoms with Crippen LogP contribution in [0, 0.1) is 11.3 Å². The monoisotopic (exact) mass is 316 g/mol. The van der Waals surface area contributed by atoms with E-state index in [1.165, 1.54) is 5.56 Å². The van der Waals surface area contributed by atoms with E-state index in [0.29, 0.717) is 5.56 Å². The number of hydrogen-bond donors (Lipinski definition) is 0. The molecule has 0 spiro atoms. The van der Waals surface area contributed by atoms with Gasteiger partial charge in [0.1, 0.15) is 11.1 Å². The van der Waals surface area contributed by atoms with E-state index in [-0.39, 0.29) is 5.25 Å². The Labute approximate surface area is 140 Å². The Morgan fingerprint density at radius 3 is 2.22 bits per heavy atom. The second-order valence-electron chi connectivity index (χ2n) is 5.20. The Balaban J connectivity index is 1.93. The van der Waals surface area contributed by atoms with Crippen molar-refractivity contribution in [2.45, 2.75) is 17.2 Å². The molecular formula is C20H16N2S. The van der Waals surface area contributed by atoms with Crippen molar-refractivity contribution in [1.82, 2.24) is 4.98 Å². The van der Waals surface area contributed by atoms with Crippen molar-refractivity contribution in [2.75, 3.05) is 0 Å². The highest BCUT2D eigenvalue weighted by Gasteiger charge is 2.13. The van der Waals surface area contributed by atoms with Gasteiger partial charge >= 0.3 is 0 Å². The van der Waals surface area contributed by atoms with Crippen LogP contribution in [0.4, 0.5) is 0 Å². The molecule has 2 nitrogen and oxygen atoms in total. The van der Waals surface area contributed by atoms with Gasteiger partial charge in [0.2, 0.25) is 0 Å². The van der Waals surface area contributed by atoms with Gasteiger partial charge in [-0.15, -0.1) is 0 Å². The highest BCUT2D eigenvalue weighted by molar-refractivity contribution is 7.99. The molecule has 3 rings (SSSR count). The SMILES string of the molecule is C[C@@H](Sc1nc(-c2ccccc2)ccc1C#N)c1ccccc1. The fourth-order valence-electron chi connectivity index (χ4n) is 2.34. The van der Waals surface area contributed by atoms with Gasteiger partial charge < -0.3 is 0 Å². The van der Waals surface area contributed by atoms with Gasteiger partial charge in [-0.1, -0.05) is 72.4 Å². The number of pyridine rings is 1. The first-order valence-electron chi connectivity index (χ1n) is 7.46. The molecule has 0 N–H and O–H groups in total. The number of nitrogens with zero attached hydrogens (tertiary/aromatic N) is 2. The Hall–Kier alpha value is -2.57. The Morgan fingerprint density at radius 2 is 1.57 bits per heavy atom. The van der Waals surface area contributed by atoms with Crippen molar-refractivity contribution < 1.29 is 0 Å². The van der Waals surface area contributed by atoms with Gasteiger partial charge in [0.05, 0.1) is 11.3 Å². The molecule has 0 radical (unpaired) electrons. The lowest BCUT2D eigenvalue weighted by molar-refractivity contribution is 1.06. The lowest BCUT2D eigenvalue weighted by atomic mass is 10.1. The number of rotatable bonds is 4. The summed E-state index contributed by atoms with van der Waals surface area (Å²) < 4.78 is 0. The molecule has 0 aliphatic carbocycles. The summed E-state index contributed by atoms with van der Waals surface area (Å²) in [5, 5.41) is 10.4. The molecule has 1 atom stereocenters. The van der Waals surface area contributed by atoms with Crippen molar-refractivity contribution in [3.8, 4) is 17.3 Å². The van der Waals surface area contributed by atoms with E-state index in [4.69, 9.17) is 4.98 Å².